The highest BCUT2D eigenvalue weighted by atomic mass is 32.1. The first-order valence-corrected chi connectivity index (χ1v) is 8.86. The first-order valence-electron chi connectivity index (χ1n) is 8.04. The van der Waals surface area contributed by atoms with E-state index in [1.165, 1.54) is 11.3 Å². The van der Waals surface area contributed by atoms with Gasteiger partial charge in [0.1, 0.15) is 0 Å². The summed E-state index contributed by atoms with van der Waals surface area (Å²) in [5.74, 6) is -0.134. The van der Waals surface area contributed by atoms with Gasteiger partial charge >= 0.3 is 0 Å². The van der Waals surface area contributed by atoms with Crippen molar-refractivity contribution < 1.29 is 4.79 Å². The number of hydrogen-bond acceptors (Lipinski definition) is 3. The molecule has 1 amide bonds. The third-order valence-corrected chi connectivity index (χ3v) is 4.98. The van der Waals surface area contributed by atoms with Crippen molar-refractivity contribution in [2.24, 2.45) is 0 Å². The molecule has 0 saturated carbocycles. The minimum Gasteiger partial charge on any atom is -0.298 e. The minimum absolute atomic E-state index is 0.134. The second-order valence-electron chi connectivity index (χ2n) is 5.77. The van der Waals surface area contributed by atoms with Crippen LogP contribution in [0.2, 0.25) is 0 Å². The summed E-state index contributed by atoms with van der Waals surface area (Å²) in [5, 5.41) is 5.56. The Morgan fingerprint density at radius 2 is 1.64 bits per heavy atom. The second kappa shape index (κ2) is 6.49. The van der Waals surface area contributed by atoms with Crippen LogP contribution in [0.3, 0.4) is 0 Å². The summed E-state index contributed by atoms with van der Waals surface area (Å²) >= 11 is 1.49. The first-order chi connectivity index (χ1) is 12.2. The molecule has 25 heavy (non-hydrogen) atoms. The number of nitrogens with zero attached hydrogens (tertiary/aromatic N) is 1. The number of thiazole rings is 1. The Labute approximate surface area is 150 Å². The molecule has 1 N–H and O–H groups in total. The lowest BCUT2D eigenvalue weighted by Crippen LogP contribution is -2.12. The Morgan fingerprint density at radius 1 is 0.920 bits per heavy atom. The zero-order valence-corrected chi connectivity index (χ0v) is 14.5. The molecular weight excluding hydrogens is 328 g/mol. The molecular formula is C21H16N2OS. The van der Waals surface area contributed by atoms with Crippen molar-refractivity contribution in [3.05, 3.63) is 83.2 Å². The topological polar surface area (TPSA) is 42.0 Å². The largest absolute Gasteiger partial charge is 0.298 e. The SMILES string of the molecule is Cc1sc(NC(=O)c2cccc3ccccc23)nc1-c1ccccc1. The molecule has 0 fully saturated rings. The monoisotopic (exact) mass is 344 g/mol. The predicted molar refractivity (Wildman–Crippen MR) is 104 cm³/mol. The molecule has 1 heterocycles. The molecule has 0 atom stereocenters. The Kier molecular flexibility index (Phi) is 4.04. The van der Waals surface area contributed by atoms with Gasteiger partial charge in [0.15, 0.2) is 5.13 Å². The molecule has 122 valence electrons. The van der Waals surface area contributed by atoms with Gasteiger partial charge in [0, 0.05) is 16.0 Å². The molecule has 4 heteroatoms. The molecule has 0 aliphatic rings. The van der Waals surface area contributed by atoms with E-state index in [0.717, 1.165) is 26.9 Å². The van der Waals surface area contributed by atoms with E-state index < -0.39 is 0 Å². The number of anilines is 1. The molecule has 0 radical (unpaired) electrons. The van der Waals surface area contributed by atoms with Crippen molar-refractivity contribution in [3.8, 4) is 11.3 Å². The number of carbonyl (C=O) groups excluding carboxylic acids is 1. The van der Waals surface area contributed by atoms with Gasteiger partial charge in [-0.3, -0.25) is 10.1 Å². The van der Waals surface area contributed by atoms with Crippen molar-refractivity contribution >= 4 is 33.1 Å². The van der Waals surface area contributed by atoms with E-state index in [1.807, 2.05) is 79.7 Å². The van der Waals surface area contributed by atoms with Crippen LogP contribution in [-0.4, -0.2) is 10.9 Å². The van der Waals surface area contributed by atoms with Gasteiger partial charge < -0.3 is 0 Å². The summed E-state index contributed by atoms with van der Waals surface area (Å²) < 4.78 is 0. The molecule has 0 bridgehead atoms. The number of amides is 1. The number of aromatic nitrogens is 1. The number of aryl methyl sites for hydroxylation is 1. The average molecular weight is 344 g/mol. The van der Waals surface area contributed by atoms with Crippen LogP contribution < -0.4 is 5.32 Å². The first kappa shape index (κ1) is 15.5. The smallest absolute Gasteiger partial charge is 0.258 e. The highest BCUT2D eigenvalue weighted by molar-refractivity contribution is 7.16. The molecule has 1 aromatic heterocycles. The lowest BCUT2D eigenvalue weighted by atomic mass is 10.0. The van der Waals surface area contributed by atoms with Crippen LogP contribution >= 0.6 is 11.3 Å². The van der Waals surface area contributed by atoms with Gasteiger partial charge in [-0.15, -0.1) is 11.3 Å². The average Bonchev–Trinajstić information content (AvgIpc) is 3.02. The second-order valence-corrected chi connectivity index (χ2v) is 6.97. The summed E-state index contributed by atoms with van der Waals surface area (Å²) in [4.78, 5) is 18.4. The number of nitrogens with one attached hydrogen (secondary N) is 1. The van der Waals surface area contributed by atoms with Crippen molar-refractivity contribution in [1.82, 2.24) is 4.98 Å². The normalized spacial score (nSPS) is 10.8. The zero-order valence-electron chi connectivity index (χ0n) is 13.7. The van der Waals surface area contributed by atoms with Gasteiger partial charge in [-0.1, -0.05) is 66.7 Å². The van der Waals surface area contributed by atoms with Crippen LogP contribution in [0.4, 0.5) is 5.13 Å². The third-order valence-electron chi connectivity index (χ3n) is 4.10. The summed E-state index contributed by atoms with van der Waals surface area (Å²) in [7, 11) is 0. The highest BCUT2D eigenvalue weighted by Gasteiger charge is 2.14. The van der Waals surface area contributed by atoms with Crippen molar-refractivity contribution in [3.63, 3.8) is 0 Å². The van der Waals surface area contributed by atoms with Gasteiger partial charge in [0.05, 0.1) is 5.69 Å². The fraction of sp³-hybridized carbons (Fsp3) is 0.0476. The maximum absolute atomic E-state index is 12.7. The van der Waals surface area contributed by atoms with Crippen LogP contribution in [-0.2, 0) is 0 Å². The fourth-order valence-corrected chi connectivity index (χ4v) is 3.73. The standard InChI is InChI=1S/C21H16N2OS/c1-14-19(16-9-3-2-4-10-16)22-21(25-14)23-20(24)18-13-7-11-15-8-5-6-12-17(15)18/h2-13H,1H3,(H,22,23,24). The van der Waals surface area contributed by atoms with Gasteiger partial charge in [-0.05, 0) is 23.8 Å². The van der Waals surface area contributed by atoms with Crippen LogP contribution in [0.25, 0.3) is 22.0 Å². The Balaban J connectivity index is 1.65. The molecule has 4 aromatic rings. The van der Waals surface area contributed by atoms with Crippen molar-refractivity contribution in [2.75, 3.05) is 5.32 Å². The maximum Gasteiger partial charge on any atom is 0.258 e. The van der Waals surface area contributed by atoms with E-state index in [9.17, 15) is 4.79 Å². The van der Waals surface area contributed by atoms with E-state index >= 15 is 0 Å². The van der Waals surface area contributed by atoms with Crippen molar-refractivity contribution in [1.29, 1.82) is 0 Å². The van der Waals surface area contributed by atoms with E-state index in [-0.39, 0.29) is 5.91 Å². The number of rotatable bonds is 3. The van der Waals surface area contributed by atoms with E-state index in [0.29, 0.717) is 10.7 Å². The summed E-state index contributed by atoms with van der Waals surface area (Å²) in [6.45, 7) is 2.02. The molecule has 0 saturated heterocycles. The van der Waals surface area contributed by atoms with Gasteiger partial charge in [0.2, 0.25) is 0 Å². The fourth-order valence-electron chi connectivity index (χ4n) is 2.90. The maximum atomic E-state index is 12.7. The highest BCUT2D eigenvalue weighted by Crippen LogP contribution is 2.30. The molecule has 0 aliphatic heterocycles. The van der Waals surface area contributed by atoms with Crippen molar-refractivity contribution in [2.45, 2.75) is 6.92 Å². The van der Waals surface area contributed by atoms with Crippen LogP contribution in [0.5, 0.6) is 0 Å². The molecule has 0 aliphatic carbocycles. The lowest BCUT2D eigenvalue weighted by Gasteiger charge is -2.06. The van der Waals surface area contributed by atoms with Gasteiger partial charge in [-0.2, -0.15) is 0 Å². The zero-order chi connectivity index (χ0) is 17.2. The van der Waals surface area contributed by atoms with Crippen LogP contribution in [0.15, 0.2) is 72.8 Å². The number of carbonyl (C=O) groups is 1. The summed E-state index contributed by atoms with van der Waals surface area (Å²) in [6.07, 6.45) is 0. The Bertz CT molecular complexity index is 1050. The minimum atomic E-state index is -0.134. The number of fused-ring (bicyclic) bond motifs is 1. The summed E-state index contributed by atoms with van der Waals surface area (Å²) in [5.41, 5.74) is 2.63. The Hall–Kier alpha value is -2.98. The lowest BCUT2D eigenvalue weighted by molar-refractivity contribution is 0.102. The molecule has 4 rings (SSSR count). The Morgan fingerprint density at radius 3 is 2.48 bits per heavy atom. The van der Waals surface area contributed by atoms with Gasteiger partial charge in [-0.25, -0.2) is 4.98 Å². The van der Waals surface area contributed by atoms with Crippen LogP contribution in [0.1, 0.15) is 15.2 Å². The predicted octanol–water partition coefficient (Wildman–Crippen LogP) is 5.52. The molecule has 3 aromatic carbocycles. The third kappa shape index (κ3) is 3.04. The molecule has 0 spiro atoms. The molecule has 0 unspecified atom stereocenters. The molecule has 3 nitrogen and oxygen atoms in total. The van der Waals surface area contributed by atoms with Gasteiger partial charge in [0.25, 0.3) is 5.91 Å². The summed E-state index contributed by atoms with van der Waals surface area (Å²) in [6, 6.07) is 23.7. The van der Waals surface area contributed by atoms with E-state index in [1.54, 1.807) is 0 Å². The van der Waals surface area contributed by atoms with Crippen LogP contribution in [0, 0.1) is 6.92 Å². The van der Waals surface area contributed by atoms with E-state index in [2.05, 4.69) is 10.3 Å². The quantitative estimate of drug-likeness (QED) is 0.531. The number of benzene rings is 3. The van der Waals surface area contributed by atoms with E-state index in [4.69, 9.17) is 0 Å². The number of hydrogen-bond donors (Lipinski definition) is 1.